The predicted molar refractivity (Wildman–Crippen MR) is 101 cm³/mol. The zero-order valence-electron chi connectivity index (χ0n) is 16.4. The first-order chi connectivity index (χ1) is 12.4. The van der Waals surface area contributed by atoms with Gasteiger partial charge in [-0.2, -0.15) is 0 Å². The molecule has 3 N–H and O–H groups in total. The van der Waals surface area contributed by atoms with E-state index in [1.165, 1.54) is 32.1 Å². The molecule has 0 spiro atoms. The molecule has 0 unspecified atom stereocenters. The second-order valence-electron chi connectivity index (χ2n) is 7.93. The smallest absolute Gasteiger partial charge is 0.410 e. The molecule has 0 aromatic carbocycles. The highest BCUT2D eigenvalue weighted by Gasteiger charge is 2.22. The molecule has 1 aromatic heterocycles. The van der Waals surface area contributed by atoms with E-state index >= 15 is 0 Å². The first-order valence-corrected chi connectivity index (χ1v) is 9.68. The maximum absolute atomic E-state index is 12.5. The van der Waals surface area contributed by atoms with Crippen LogP contribution in [0.3, 0.4) is 0 Å². The van der Waals surface area contributed by atoms with Gasteiger partial charge in [-0.05, 0) is 33.6 Å². The highest BCUT2D eigenvalue weighted by atomic mass is 16.6. The Hall–Kier alpha value is -1.67. The van der Waals surface area contributed by atoms with E-state index in [-0.39, 0.29) is 6.09 Å². The minimum atomic E-state index is -0.508. The number of rotatable bonds is 8. The Morgan fingerprint density at radius 3 is 2.69 bits per heavy atom. The fourth-order valence-electron chi connectivity index (χ4n) is 3.10. The molecular formula is C18H34N6O2. The summed E-state index contributed by atoms with van der Waals surface area (Å²) in [6, 6.07) is 0.576. The molecule has 1 amide bonds. The van der Waals surface area contributed by atoms with Crippen molar-refractivity contribution < 1.29 is 9.53 Å². The lowest BCUT2D eigenvalue weighted by Gasteiger charge is -2.29. The average molecular weight is 367 g/mol. The molecule has 0 aliphatic heterocycles. The van der Waals surface area contributed by atoms with Gasteiger partial charge >= 0.3 is 6.09 Å². The summed E-state index contributed by atoms with van der Waals surface area (Å²) in [6.45, 7) is 8.49. The van der Waals surface area contributed by atoms with Gasteiger partial charge in [0.15, 0.2) is 0 Å². The normalized spacial score (nSPS) is 15.8. The summed E-state index contributed by atoms with van der Waals surface area (Å²) in [5.74, 6) is 0. The molecule has 0 atom stereocenters. The summed E-state index contributed by atoms with van der Waals surface area (Å²) in [4.78, 5) is 14.3. The highest BCUT2D eigenvalue weighted by molar-refractivity contribution is 5.68. The van der Waals surface area contributed by atoms with E-state index in [9.17, 15) is 4.79 Å². The minimum absolute atomic E-state index is 0.290. The number of ether oxygens (including phenoxy) is 1. The summed E-state index contributed by atoms with van der Waals surface area (Å²) >= 11 is 0. The average Bonchev–Trinajstić information content (AvgIpc) is 3.05. The van der Waals surface area contributed by atoms with E-state index < -0.39 is 5.60 Å². The third-order valence-electron chi connectivity index (χ3n) is 4.47. The molecule has 0 bridgehead atoms. The number of carbonyl (C=O) groups is 1. The zero-order chi connectivity index (χ0) is 19.0. The van der Waals surface area contributed by atoms with Gasteiger partial charge in [-0.15, -0.1) is 5.10 Å². The lowest BCUT2D eigenvalue weighted by molar-refractivity contribution is 0.0242. The van der Waals surface area contributed by atoms with Gasteiger partial charge in [-0.3, -0.25) is 4.68 Å². The lowest BCUT2D eigenvalue weighted by atomic mass is 9.95. The van der Waals surface area contributed by atoms with Gasteiger partial charge in [0.1, 0.15) is 5.60 Å². The molecule has 2 rings (SSSR count). The van der Waals surface area contributed by atoms with Crippen LogP contribution in [0.1, 0.15) is 58.6 Å². The van der Waals surface area contributed by atoms with Gasteiger partial charge in [0, 0.05) is 38.4 Å². The molecule has 148 valence electrons. The van der Waals surface area contributed by atoms with E-state index in [4.69, 9.17) is 10.5 Å². The van der Waals surface area contributed by atoms with E-state index in [0.29, 0.717) is 32.2 Å². The van der Waals surface area contributed by atoms with Crippen LogP contribution in [0.2, 0.25) is 0 Å². The number of amides is 1. The van der Waals surface area contributed by atoms with Gasteiger partial charge in [0.2, 0.25) is 0 Å². The Bertz CT molecular complexity index is 548. The molecule has 1 aliphatic carbocycles. The Labute approximate surface area is 156 Å². The van der Waals surface area contributed by atoms with Gasteiger partial charge < -0.3 is 20.7 Å². The summed E-state index contributed by atoms with van der Waals surface area (Å²) in [7, 11) is 0. The van der Waals surface area contributed by atoms with Crippen molar-refractivity contribution in [1.29, 1.82) is 0 Å². The lowest BCUT2D eigenvalue weighted by Crippen LogP contribution is -2.43. The molecule has 0 saturated heterocycles. The van der Waals surface area contributed by atoms with Crippen LogP contribution >= 0.6 is 0 Å². The van der Waals surface area contributed by atoms with Crippen molar-refractivity contribution in [2.24, 2.45) is 5.73 Å². The molecule has 1 heterocycles. The summed E-state index contributed by atoms with van der Waals surface area (Å²) < 4.78 is 7.27. The first-order valence-electron chi connectivity index (χ1n) is 9.68. The Kier molecular flexibility index (Phi) is 7.84. The molecule has 26 heavy (non-hydrogen) atoms. The summed E-state index contributed by atoms with van der Waals surface area (Å²) in [5.41, 5.74) is 5.80. The number of nitrogens with two attached hydrogens (primary N) is 1. The van der Waals surface area contributed by atoms with Crippen molar-refractivity contribution in [3.8, 4) is 0 Å². The third kappa shape index (κ3) is 7.29. The topological polar surface area (TPSA) is 98.3 Å². The fourth-order valence-corrected chi connectivity index (χ4v) is 3.10. The van der Waals surface area contributed by atoms with Gasteiger partial charge in [0.25, 0.3) is 0 Å². The Morgan fingerprint density at radius 2 is 2.08 bits per heavy atom. The zero-order valence-corrected chi connectivity index (χ0v) is 16.4. The molecule has 8 nitrogen and oxygen atoms in total. The van der Waals surface area contributed by atoms with Crippen molar-refractivity contribution in [1.82, 2.24) is 25.2 Å². The van der Waals surface area contributed by atoms with Gasteiger partial charge in [0.05, 0.1) is 12.2 Å². The number of hydrogen-bond acceptors (Lipinski definition) is 6. The number of aromatic nitrogens is 3. The SMILES string of the molecule is CC(C)(C)OC(=O)N(CCNC1CCCCC1)CCn1cc(CN)nn1. The maximum atomic E-state index is 12.5. The largest absolute Gasteiger partial charge is 0.444 e. The van der Waals surface area contributed by atoms with E-state index in [1.54, 1.807) is 9.58 Å². The molecule has 1 saturated carbocycles. The second kappa shape index (κ2) is 9.87. The fraction of sp³-hybridized carbons (Fsp3) is 0.833. The van der Waals surface area contributed by atoms with Crippen LogP contribution in [0.15, 0.2) is 6.20 Å². The van der Waals surface area contributed by atoms with Crippen LogP contribution in [-0.2, 0) is 17.8 Å². The highest BCUT2D eigenvalue weighted by Crippen LogP contribution is 2.17. The molecule has 1 aromatic rings. The van der Waals surface area contributed by atoms with Crippen molar-refractivity contribution in [3.63, 3.8) is 0 Å². The van der Waals surface area contributed by atoms with Crippen LogP contribution < -0.4 is 11.1 Å². The van der Waals surface area contributed by atoms with Crippen LogP contribution in [-0.4, -0.2) is 57.3 Å². The molecule has 8 heteroatoms. The number of nitrogens with zero attached hydrogens (tertiary/aromatic N) is 4. The van der Waals surface area contributed by atoms with Crippen molar-refractivity contribution in [3.05, 3.63) is 11.9 Å². The molecular weight excluding hydrogens is 332 g/mol. The standard InChI is InChI=1S/C18H34N6O2/c1-18(2,3)26-17(25)23(10-9-20-15-7-5-4-6-8-15)11-12-24-14-16(13-19)21-22-24/h14-15,20H,4-13,19H2,1-3H3. The summed E-state index contributed by atoms with van der Waals surface area (Å²) in [5, 5.41) is 11.6. The van der Waals surface area contributed by atoms with Crippen molar-refractivity contribution in [2.45, 2.75) is 77.6 Å². The van der Waals surface area contributed by atoms with Gasteiger partial charge in [-0.25, -0.2) is 4.79 Å². The predicted octanol–water partition coefficient (Wildman–Crippen LogP) is 1.90. The number of hydrogen-bond donors (Lipinski definition) is 2. The Morgan fingerprint density at radius 1 is 1.35 bits per heavy atom. The number of carbonyl (C=O) groups excluding carboxylic acids is 1. The summed E-state index contributed by atoms with van der Waals surface area (Å²) in [6.07, 6.45) is 7.91. The van der Waals surface area contributed by atoms with E-state index in [1.807, 2.05) is 27.0 Å². The minimum Gasteiger partial charge on any atom is -0.444 e. The third-order valence-corrected chi connectivity index (χ3v) is 4.47. The van der Waals surface area contributed by atoms with Crippen LogP contribution in [0.5, 0.6) is 0 Å². The maximum Gasteiger partial charge on any atom is 0.410 e. The van der Waals surface area contributed by atoms with Crippen LogP contribution in [0.25, 0.3) is 0 Å². The van der Waals surface area contributed by atoms with Crippen LogP contribution in [0, 0.1) is 0 Å². The molecule has 1 aliphatic rings. The first kappa shape index (κ1) is 20.6. The monoisotopic (exact) mass is 366 g/mol. The van der Waals surface area contributed by atoms with E-state index in [0.717, 1.165) is 12.2 Å². The van der Waals surface area contributed by atoms with E-state index in [2.05, 4.69) is 15.6 Å². The molecule has 0 radical (unpaired) electrons. The Balaban J connectivity index is 1.86. The molecule has 1 fully saturated rings. The van der Waals surface area contributed by atoms with Crippen molar-refractivity contribution >= 4 is 6.09 Å². The second-order valence-corrected chi connectivity index (χ2v) is 7.93. The quantitative estimate of drug-likeness (QED) is 0.729. The van der Waals surface area contributed by atoms with Crippen LogP contribution in [0.4, 0.5) is 4.79 Å². The van der Waals surface area contributed by atoms with Gasteiger partial charge in [-0.1, -0.05) is 24.5 Å². The number of nitrogens with one attached hydrogen (secondary N) is 1. The van der Waals surface area contributed by atoms with Crippen molar-refractivity contribution in [2.75, 3.05) is 19.6 Å².